The van der Waals surface area contributed by atoms with Crippen LogP contribution in [0.2, 0.25) is 0 Å². The minimum Gasteiger partial charge on any atom is -0.341 e. The topological polar surface area (TPSA) is 23.6 Å². The number of likely N-dealkylation sites (tertiary alicyclic amines) is 2. The molecule has 0 saturated carbocycles. The van der Waals surface area contributed by atoms with Crippen LogP contribution in [-0.2, 0) is 4.79 Å². The number of amides is 1. The van der Waals surface area contributed by atoms with Crippen molar-refractivity contribution in [1.82, 2.24) is 9.80 Å². The molecule has 0 unspecified atom stereocenters. The predicted octanol–water partition coefficient (Wildman–Crippen LogP) is 3.14. The molecule has 0 radical (unpaired) electrons. The van der Waals surface area contributed by atoms with Crippen LogP contribution in [0.1, 0.15) is 44.2 Å². The Bertz CT molecular complexity index is 445. The van der Waals surface area contributed by atoms with Crippen LogP contribution < -0.4 is 0 Å². The molecular formula is C16H24N2OS. The molecule has 1 aromatic rings. The third-order valence-electron chi connectivity index (χ3n) is 4.64. The fourth-order valence-corrected chi connectivity index (χ4v) is 4.25. The molecule has 3 nitrogen and oxygen atoms in total. The lowest BCUT2D eigenvalue weighted by Crippen LogP contribution is -2.44. The second-order valence-corrected chi connectivity index (χ2v) is 7.05. The van der Waals surface area contributed by atoms with Crippen molar-refractivity contribution in [2.24, 2.45) is 5.92 Å². The Morgan fingerprint density at radius 1 is 1.35 bits per heavy atom. The maximum absolute atomic E-state index is 12.5. The molecule has 0 spiro atoms. The Morgan fingerprint density at radius 2 is 2.20 bits per heavy atom. The molecule has 20 heavy (non-hydrogen) atoms. The number of carbonyl (C=O) groups is 1. The summed E-state index contributed by atoms with van der Waals surface area (Å²) in [5.41, 5.74) is 1.40. The molecule has 0 aliphatic carbocycles. The molecule has 3 heterocycles. The van der Waals surface area contributed by atoms with Crippen molar-refractivity contribution in [3.8, 4) is 0 Å². The van der Waals surface area contributed by atoms with E-state index in [9.17, 15) is 4.79 Å². The molecule has 2 saturated heterocycles. The highest BCUT2D eigenvalue weighted by atomic mass is 32.1. The molecule has 3 rings (SSSR count). The van der Waals surface area contributed by atoms with Crippen LogP contribution in [0.3, 0.4) is 0 Å². The quantitative estimate of drug-likeness (QED) is 0.854. The monoisotopic (exact) mass is 292 g/mol. The van der Waals surface area contributed by atoms with Crippen LogP contribution in [0.4, 0.5) is 0 Å². The number of thiophene rings is 1. The van der Waals surface area contributed by atoms with Crippen molar-refractivity contribution in [3.05, 3.63) is 22.4 Å². The average molecular weight is 292 g/mol. The van der Waals surface area contributed by atoms with Gasteiger partial charge in [0.2, 0.25) is 5.91 Å². The average Bonchev–Trinajstić information content (AvgIpc) is 3.08. The van der Waals surface area contributed by atoms with Crippen molar-refractivity contribution in [2.75, 3.05) is 26.2 Å². The van der Waals surface area contributed by atoms with E-state index in [4.69, 9.17) is 0 Å². The van der Waals surface area contributed by atoms with Crippen LogP contribution in [0.5, 0.6) is 0 Å². The minimum absolute atomic E-state index is 0.332. The zero-order valence-electron chi connectivity index (χ0n) is 12.3. The van der Waals surface area contributed by atoms with Gasteiger partial charge in [0, 0.05) is 19.1 Å². The predicted molar refractivity (Wildman–Crippen MR) is 82.8 cm³/mol. The van der Waals surface area contributed by atoms with Gasteiger partial charge in [-0.15, -0.1) is 0 Å². The fourth-order valence-electron chi connectivity index (χ4n) is 3.55. The second kappa shape index (κ2) is 6.27. The van der Waals surface area contributed by atoms with Crippen LogP contribution in [0.25, 0.3) is 0 Å². The SMILES string of the molecule is C[C@H]1CCCN(C(=O)CN2CCC[C@@H]2c2ccsc2)C1. The second-order valence-electron chi connectivity index (χ2n) is 6.27. The van der Waals surface area contributed by atoms with Gasteiger partial charge in [0.15, 0.2) is 0 Å². The van der Waals surface area contributed by atoms with Gasteiger partial charge in [-0.3, -0.25) is 9.69 Å². The summed E-state index contributed by atoms with van der Waals surface area (Å²) in [6.45, 7) is 5.84. The maximum atomic E-state index is 12.5. The van der Waals surface area contributed by atoms with Crippen molar-refractivity contribution in [1.29, 1.82) is 0 Å². The van der Waals surface area contributed by atoms with Crippen LogP contribution >= 0.6 is 11.3 Å². The zero-order valence-corrected chi connectivity index (χ0v) is 13.1. The van der Waals surface area contributed by atoms with Gasteiger partial charge in [-0.2, -0.15) is 11.3 Å². The van der Waals surface area contributed by atoms with Gasteiger partial charge in [-0.25, -0.2) is 0 Å². The number of hydrogen-bond acceptors (Lipinski definition) is 3. The number of nitrogens with zero attached hydrogens (tertiary/aromatic N) is 2. The standard InChI is InChI=1S/C16H24N2OS/c1-13-4-2-8-18(10-13)16(19)11-17-7-3-5-15(17)14-6-9-20-12-14/h6,9,12-13,15H,2-5,7-8,10-11H2,1H3/t13-,15+/m0/s1. The summed E-state index contributed by atoms with van der Waals surface area (Å²) in [5.74, 6) is 0.998. The number of hydrogen-bond donors (Lipinski definition) is 0. The molecule has 2 aliphatic heterocycles. The number of rotatable bonds is 3. The maximum Gasteiger partial charge on any atom is 0.236 e. The van der Waals surface area contributed by atoms with E-state index in [0.29, 0.717) is 24.4 Å². The zero-order chi connectivity index (χ0) is 13.9. The van der Waals surface area contributed by atoms with Crippen molar-refractivity contribution < 1.29 is 4.79 Å². The molecular weight excluding hydrogens is 268 g/mol. The van der Waals surface area contributed by atoms with E-state index in [1.807, 2.05) is 0 Å². The van der Waals surface area contributed by atoms with E-state index in [2.05, 4.69) is 33.6 Å². The minimum atomic E-state index is 0.332. The van der Waals surface area contributed by atoms with Gasteiger partial charge in [0.1, 0.15) is 0 Å². The fraction of sp³-hybridized carbons (Fsp3) is 0.688. The van der Waals surface area contributed by atoms with Gasteiger partial charge < -0.3 is 4.90 Å². The molecule has 0 aromatic carbocycles. The van der Waals surface area contributed by atoms with E-state index in [0.717, 1.165) is 19.6 Å². The summed E-state index contributed by atoms with van der Waals surface area (Å²) < 4.78 is 0. The third-order valence-corrected chi connectivity index (χ3v) is 5.34. The summed E-state index contributed by atoms with van der Waals surface area (Å²) in [6, 6.07) is 2.67. The highest BCUT2D eigenvalue weighted by Crippen LogP contribution is 2.32. The molecule has 2 fully saturated rings. The highest BCUT2D eigenvalue weighted by Gasteiger charge is 2.30. The third kappa shape index (κ3) is 3.07. The van der Waals surface area contributed by atoms with E-state index < -0.39 is 0 Å². The van der Waals surface area contributed by atoms with Gasteiger partial charge in [-0.1, -0.05) is 6.92 Å². The lowest BCUT2D eigenvalue weighted by atomic mass is 10.0. The molecule has 1 amide bonds. The smallest absolute Gasteiger partial charge is 0.236 e. The van der Waals surface area contributed by atoms with Crippen LogP contribution in [0, 0.1) is 5.92 Å². The van der Waals surface area contributed by atoms with E-state index >= 15 is 0 Å². The van der Waals surface area contributed by atoms with Crippen LogP contribution in [-0.4, -0.2) is 41.9 Å². The Labute approximate surface area is 125 Å². The molecule has 0 N–H and O–H groups in total. The number of piperidine rings is 1. The lowest BCUT2D eigenvalue weighted by molar-refractivity contribution is -0.134. The van der Waals surface area contributed by atoms with Crippen LogP contribution in [0.15, 0.2) is 16.8 Å². The van der Waals surface area contributed by atoms with E-state index in [1.165, 1.54) is 31.2 Å². The van der Waals surface area contributed by atoms with E-state index in [-0.39, 0.29) is 0 Å². The largest absolute Gasteiger partial charge is 0.341 e. The highest BCUT2D eigenvalue weighted by molar-refractivity contribution is 7.07. The first-order valence-corrected chi connectivity index (χ1v) is 8.72. The molecule has 4 heteroatoms. The summed E-state index contributed by atoms with van der Waals surface area (Å²) >= 11 is 1.75. The van der Waals surface area contributed by atoms with Crippen molar-refractivity contribution in [2.45, 2.75) is 38.6 Å². The van der Waals surface area contributed by atoms with Gasteiger partial charge >= 0.3 is 0 Å². The number of carbonyl (C=O) groups excluding carboxylic acids is 1. The Balaban J connectivity index is 1.60. The van der Waals surface area contributed by atoms with E-state index in [1.54, 1.807) is 11.3 Å². The molecule has 110 valence electrons. The summed E-state index contributed by atoms with van der Waals surface area (Å²) in [7, 11) is 0. The first-order valence-electron chi connectivity index (χ1n) is 7.78. The first-order chi connectivity index (χ1) is 9.74. The molecule has 0 bridgehead atoms. The van der Waals surface area contributed by atoms with Crippen molar-refractivity contribution >= 4 is 17.2 Å². The Morgan fingerprint density at radius 3 is 2.95 bits per heavy atom. The van der Waals surface area contributed by atoms with Gasteiger partial charge in [-0.05, 0) is 60.5 Å². The lowest BCUT2D eigenvalue weighted by Gasteiger charge is -2.33. The Kier molecular flexibility index (Phi) is 4.41. The van der Waals surface area contributed by atoms with Gasteiger partial charge in [0.25, 0.3) is 0 Å². The van der Waals surface area contributed by atoms with Crippen molar-refractivity contribution in [3.63, 3.8) is 0 Å². The molecule has 2 atom stereocenters. The summed E-state index contributed by atoms with van der Waals surface area (Å²) in [5, 5.41) is 4.37. The normalized spacial score (nSPS) is 27.9. The summed E-state index contributed by atoms with van der Waals surface area (Å²) in [6.07, 6.45) is 4.84. The Hall–Kier alpha value is -0.870. The molecule has 1 aromatic heterocycles. The molecule has 2 aliphatic rings. The summed E-state index contributed by atoms with van der Waals surface area (Å²) in [4.78, 5) is 17.0. The van der Waals surface area contributed by atoms with Gasteiger partial charge in [0.05, 0.1) is 6.54 Å². The first kappa shape index (κ1) is 14.1.